The molecule has 2 N–H and O–H groups in total. The minimum Gasteiger partial charge on any atom is -0.457 e. The first-order chi connectivity index (χ1) is 9.49. The summed E-state index contributed by atoms with van der Waals surface area (Å²) in [7, 11) is 0. The van der Waals surface area contributed by atoms with Crippen LogP contribution in [0.5, 0.6) is 0 Å². The van der Waals surface area contributed by atoms with Crippen LogP contribution in [0.1, 0.15) is 15.9 Å². The molecule has 0 aromatic heterocycles. The van der Waals surface area contributed by atoms with Crippen LogP contribution in [0.15, 0.2) is 36.4 Å². The number of rotatable bonds is 3. The number of nitrogens with two attached hydrogens (primary N) is 1. The number of ether oxygens (including phenoxy) is 1. The third kappa shape index (κ3) is 3.37. The third-order valence-electron chi connectivity index (χ3n) is 2.63. The first kappa shape index (κ1) is 15.0. The van der Waals surface area contributed by atoms with Crippen molar-refractivity contribution < 1.29 is 9.53 Å². The van der Waals surface area contributed by atoms with Gasteiger partial charge in [0.25, 0.3) is 0 Å². The van der Waals surface area contributed by atoms with Gasteiger partial charge in [0.1, 0.15) is 6.61 Å². The molecule has 0 unspecified atom stereocenters. The van der Waals surface area contributed by atoms with E-state index >= 15 is 0 Å². The number of carbonyl (C=O) groups excluding carboxylic acids is 1. The second-order valence-corrected chi connectivity index (χ2v) is 5.24. The van der Waals surface area contributed by atoms with Crippen molar-refractivity contribution in [1.82, 2.24) is 0 Å². The summed E-state index contributed by atoms with van der Waals surface area (Å²) in [6.07, 6.45) is 0. The topological polar surface area (TPSA) is 52.3 Å². The van der Waals surface area contributed by atoms with Crippen molar-refractivity contribution in [3.63, 3.8) is 0 Å². The summed E-state index contributed by atoms with van der Waals surface area (Å²) in [5.74, 6) is -0.547. The maximum absolute atomic E-state index is 11.9. The van der Waals surface area contributed by atoms with E-state index in [1.807, 2.05) is 6.07 Å². The first-order valence-electron chi connectivity index (χ1n) is 5.64. The van der Waals surface area contributed by atoms with E-state index in [9.17, 15) is 4.79 Å². The smallest absolute Gasteiger partial charge is 0.338 e. The van der Waals surface area contributed by atoms with Crippen LogP contribution in [0, 0.1) is 0 Å². The molecule has 0 atom stereocenters. The van der Waals surface area contributed by atoms with Crippen molar-refractivity contribution in [2.45, 2.75) is 6.61 Å². The fourth-order valence-corrected chi connectivity index (χ4v) is 2.22. The van der Waals surface area contributed by atoms with Gasteiger partial charge in [-0.1, -0.05) is 53.0 Å². The molecule has 0 amide bonds. The Morgan fingerprint density at radius 1 is 1.05 bits per heavy atom. The molecule has 0 saturated heterocycles. The normalized spacial score (nSPS) is 10.3. The number of carbonyl (C=O) groups is 1. The molecule has 104 valence electrons. The highest BCUT2D eigenvalue weighted by molar-refractivity contribution is 6.39. The molecule has 0 fully saturated rings. The van der Waals surface area contributed by atoms with Gasteiger partial charge in [0.15, 0.2) is 0 Å². The van der Waals surface area contributed by atoms with Crippen LogP contribution in [0.2, 0.25) is 15.1 Å². The lowest BCUT2D eigenvalue weighted by Gasteiger charge is -2.08. The van der Waals surface area contributed by atoms with Gasteiger partial charge < -0.3 is 10.5 Å². The molecule has 0 bridgehead atoms. The van der Waals surface area contributed by atoms with E-state index in [-0.39, 0.29) is 27.9 Å². The molecular weight excluding hydrogens is 321 g/mol. The van der Waals surface area contributed by atoms with E-state index in [4.69, 9.17) is 45.3 Å². The van der Waals surface area contributed by atoms with Crippen LogP contribution in [0.25, 0.3) is 0 Å². The summed E-state index contributed by atoms with van der Waals surface area (Å²) in [6, 6.07) is 9.94. The first-order valence-corrected chi connectivity index (χ1v) is 6.77. The van der Waals surface area contributed by atoms with Crippen molar-refractivity contribution in [2.75, 3.05) is 5.73 Å². The molecule has 0 saturated carbocycles. The Morgan fingerprint density at radius 2 is 1.65 bits per heavy atom. The van der Waals surface area contributed by atoms with Gasteiger partial charge in [0.2, 0.25) is 0 Å². The summed E-state index contributed by atoms with van der Waals surface area (Å²) in [5, 5.41) is 0.957. The van der Waals surface area contributed by atoms with Crippen molar-refractivity contribution in [1.29, 1.82) is 0 Å². The van der Waals surface area contributed by atoms with E-state index in [0.717, 1.165) is 5.56 Å². The lowest BCUT2D eigenvalue weighted by molar-refractivity contribution is 0.0473. The molecule has 0 aliphatic carbocycles. The summed E-state index contributed by atoms with van der Waals surface area (Å²) >= 11 is 17.7. The van der Waals surface area contributed by atoms with E-state index in [1.165, 1.54) is 12.1 Å². The van der Waals surface area contributed by atoms with Gasteiger partial charge in [-0.05, 0) is 18.2 Å². The van der Waals surface area contributed by atoms with Crippen LogP contribution in [-0.2, 0) is 11.3 Å². The molecule has 2 aromatic carbocycles. The second-order valence-electron chi connectivity index (χ2n) is 4.02. The molecule has 2 rings (SSSR count). The standard InChI is InChI=1S/C14H10Cl3NO2/c15-10-4-2-1-3-8(10)7-20-14(19)9-5-11(16)13(18)12(17)6-9/h1-6H,7,18H2. The second kappa shape index (κ2) is 6.35. The molecule has 0 heterocycles. The Kier molecular flexibility index (Phi) is 4.76. The Morgan fingerprint density at radius 3 is 2.25 bits per heavy atom. The predicted octanol–water partition coefficient (Wildman–Crippen LogP) is 4.59. The fraction of sp³-hybridized carbons (Fsp3) is 0.0714. The Bertz CT molecular complexity index is 636. The van der Waals surface area contributed by atoms with Crippen LogP contribution < -0.4 is 5.73 Å². The fourth-order valence-electron chi connectivity index (χ4n) is 1.54. The average Bonchev–Trinajstić information content (AvgIpc) is 2.43. The Labute approximate surface area is 131 Å². The van der Waals surface area contributed by atoms with Crippen LogP contribution in [-0.4, -0.2) is 5.97 Å². The zero-order chi connectivity index (χ0) is 14.7. The quantitative estimate of drug-likeness (QED) is 0.661. The van der Waals surface area contributed by atoms with E-state index < -0.39 is 5.97 Å². The number of nitrogen functional groups attached to an aromatic ring is 1. The lowest BCUT2D eigenvalue weighted by atomic mass is 10.2. The average molecular weight is 331 g/mol. The number of esters is 1. The van der Waals surface area contributed by atoms with Crippen LogP contribution in [0.3, 0.4) is 0 Å². The summed E-state index contributed by atoms with van der Waals surface area (Å²) in [5.41, 5.74) is 6.79. The summed E-state index contributed by atoms with van der Waals surface area (Å²) in [6.45, 7) is 0.0676. The van der Waals surface area contributed by atoms with Gasteiger partial charge in [-0.25, -0.2) is 4.79 Å². The maximum atomic E-state index is 11.9. The monoisotopic (exact) mass is 329 g/mol. The third-order valence-corrected chi connectivity index (χ3v) is 3.63. The molecule has 0 spiro atoms. The molecule has 6 heteroatoms. The highest BCUT2D eigenvalue weighted by atomic mass is 35.5. The minimum absolute atomic E-state index is 0.0676. The lowest BCUT2D eigenvalue weighted by Crippen LogP contribution is -2.06. The molecule has 0 aliphatic heterocycles. The number of halogens is 3. The van der Waals surface area contributed by atoms with Gasteiger partial charge in [-0.15, -0.1) is 0 Å². The zero-order valence-electron chi connectivity index (χ0n) is 10.2. The number of anilines is 1. The summed E-state index contributed by atoms with van der Waals surface area (Å²) < 4.78 is 5.16. The molecule has 0 radical (unpaired) electrons. The number of hydrogen-bond acceptors (Lipinski definition) is 3. The van der Waals surface area contributed by atoms with Gasteiger partial charge in [0.05, 0.1) is 21.3 Å². The summed E-state index contributed by atoms with van der Waals surface area (Å²) in [4.78, 5) is 11.9. The van der Waals surface area contributed by atoms with E-state index in [1.54, 1.807) is 18.2 Å². The van der Waals surface area contributed by atoms with Crippen molar-refractivity contribution in [3.05, 3.63) is 62.6 Å². The molecule has 3 nitrogen and oxygen atoms in total. The molecule has 0 aliphatic rings. The van der Waals surface area contributed by atoms with Gasteiger partial charge in [-0.2, -0.15) is 0 Å². The van der Waals surface area contributed by atoms with Gasteiger partial charge in [-0.3, -0.25) is 0 Å². The number of hydrogen-bond donors (Lipinski definition) is 1. The Balaban J connectivity index is 2.11. The Hall–Kier alpha value is -1.42. The minimum atomic E-state index is -0.547. The zero-order valence-corrected chi connectivity index (χ0v) is 12.5. The highest BCUT2D eigenvalue weighted by Gasteiger charge is 2.13. The van der Waals surface area contributed by atoms with Gasteiger partial charge in [0, 0.05) is 10.6 Å². The maximum Gasteiger partial charge on any atom is 0.338 e. The van der Waals surface area contributed by atoms with Gasteiger partial charge >= 0.3 is 5.97 Å². The highest BCUT2D eigenvalue weighted by Crippen LogP contribution is 2.29. The molecular formula is C14H10Cl3NO2. The van der Waals surface area contributed by atoms with Crippen LogP contribution >= 0.6 is 34.8 Å². The van der Waals surface area contributed by atoms with E-state index in [2.05, 4.69) is 0 Å². The van der Waals surface area contributed by atoms with Crippen molar-refractivity contribution >= 4 is 46.5 Å². The molecule has 20 heavy (non-hydrogen) atoms. The molecule has 2 aromatic rings. The van der Waals surface area contributed by atoms with E-state index in [0.29, 0.717) is 5.02 Å². The van der Waals surface area contributed by atoms with Crippen molar-refractivity contribution in [3.8, 4) is 0 Å². The number of benzene rings is 2. The SMILES string of the molecule is Nc1c(Cl)cc(C(=O)OCc2ccccc2Cl)cc1Cl. The van der Waals surface area contributed by atoms with Crippen molar-refractivity contribution in [2.24, 2.45) is 0 Å². The largest absolute Gasteiger partial charge is 0.457 e. The predicted molar refractivity (Wildman–Crippen MR) is 81.4 cm³/mol. The van der Waals surface area contributed by atoms with Crippen LogP contribution in [0.4, 0.5) is 5.69 Å².